The monoisotopic (exact) mass is 272 g/mol. The molecule has 0 saturated carbocycles. The molecule has 3 N–H and O–H groups in total. The first kappa shape index (κ1) is 13.5. The van der Waals surface area contributed by atoms with Crippen molar-refractivity contribution in [3.63, 3.8) is 0 Å². The van der Waals surface area contributed by atoms with Crippen molar-refractivity contribution in [2.24, 2.45) is 17.6 Å². The van der Waals surface area contributed by atoms with E-state index >= 15 is 0 Å². The lowest BCUT2D eigenvalue weighted by Gasteiger charge is -2.33. The molecular weight excluding hydrogens is 252 g/mol. The van der Waals surface area contributed by atoms with E-state index < -0.39 is 10.0 Å². The molecule has 7 heteroatoms. The number of sulfonamides is 1. The Kier molecular flexibility index (Phi) is 3.74. The Morgan fingerprint density at radius 3 is 2.61 bits per heavy atom. The van der Waals surface area contributed by atoms with Crippen molar-refractivity contribution < 1.29 is 8.42 Å². The second-order valence-electron chi connectivity index (χ2n) is 5.20. The summed E-state index contributed by atoms with van der Waals surface area (Å²) in [6.45, 7) is 5.46. The van der Waals surface area contributed by atoms with Crippen LogP contribution in [0, 0.1) is 11.8 Å². The van der Waals surface area contributed by atoms with Crippen LogP contribution in [0.15, 0.2) is 11.2 Å². The Balaban J connectivity index is 2.31. The van der Waals surface area contributed by atoms with E-state index in [0.29, 0.717) is 30.5 Å². The highest BCUT2D eigenvalue weighted by Crippen LogP contribution is 2.26. The van der Waals surface area contributed by atoms with Gasteiger partial charge in [0.05, 0.1) is 6.20 Å². The lowest BCUT2D eigenvalue weighted by Crippen LogP contribution is -2.42. The van der Waals surface area contributed by atoms with E-state index in [4.69, 9.17) is 5.73 Å². The summed E-state index contributed by atoms with van der Waals surface area (Å²) in [7, 11) is -3.49. The van der Waals surface area contributed by atoms with Gasteiger partial charge in [-0.05, 0) is 18.3 Å². The smallest absolute Gasteiger partial charge is 0.260 e. The molecule has 2 heterocycles. The van der Waals surface area contributed by atoms with Crippen molar-refractivity contribution in [1.29, 1.82) is 0 Å². The highest BCUT2D eigenvalue weighted by atomic mass is 32.2. The predicted molar refractivity (Wildman–Crippen MR) is 68.2 cm³/mol. The molecule has 1 aliphatic heterocycles. The van der Waals surface area contributed by atoms with Gasteiger partial charge < -0.3 is 5.73 Å². The zero-order valence-electron chi connectivity index (χ0n) is 10.8. The Bertz CT molecular complexity index is 501. The summed E-state index contributed by atoms with van der Waals surface area (Å²) in [6, 6.07) is 0. The van der Waals surface area contributed by atoms with Gasteiger partial charge in [-0.3, -0.25) is 5.10 Å². The van der Waals surface area contributed by atoms with Crippen LogP contribution in [0.3, 0.4) is 0 Å². The highest BCUT2D eigenvalue weighted by Gasteiger charge is 2.33. The third-order valence-corrected chi connectivity index (χ3v) is 5.18. The Labute approximate surface area is 108 Å². The summed E-state index contributed by atoms with van der Waals surface area (Å²) in [4.78, 5) is 0. The second-order valence-corrected chi connectivity index (χ2v) is 7.07. The largest absolute Gasteiger partial charge is 0.326 e. The lowest BCUT2D eigenvalue weighted by atomic mass is 9.94. The number of nitrogens with one attached hydrogen (secondary N) is 1. The van der Waals surface area contributed by atoms with E-state index in [1.807, 2.05) is 0 Å². The highest BCUT2D eigenvalue weighted by molar-refractivity contribution is 7.89. The van der Waals surface area contributed by atoms with E-state index in [2.05, 4.69) is 24.0 Å². The Morgan fingerprint density at radius 2 is 2.06 bits per heavy atom. The maximum absolute atomic E-state index is 12.5. The third-order valence-electron chi connectivity index (χ3n) is 3.33. The van der Waals surface area contributed by atoms with Crippen LogP contribution in [-0.2, 0) is 16.6 Å². The van der Waals surface area contributed by atoms with Crippen LogP contribution in [-0.4, -0.2) is 36.0 Å². The first-order valence-corrected chi connectivity index (χ1v) is 7.61. The predicted octanol–water partition coefficient (Wildman–Crippen LogP) is 0.535. The molecule has 0 radical (unpaired) electrons. The quantitative estimate of drug-likeness (QED) is 0.839. The van der Waals surface area contributed by atoms with Crippen LogP contribution in [0.25, 0.3) is 0 Å². The van der Waals surface area contributed by atoms with Gasteiger partial charge in [0, 0.05) is 25.2 Å². The van der Waals surface area contributed by atoms with Crippen molar-refractivity contribution in [3.8, 4) is 0 Å². The maximum Gasteiger partial charge on any atom is 0.260 e. The number of hydrogen-bond acceptors (Lipinski definition) is 4. The molecule has 1 fully saturated rings. The van der Waals surface area contributed by atoms with Crippen LogP contribution in [0.1, 0.15) is 25.8 Å². The molecular formula is C11H20N4O2S. The van der Waals surface area contributed by atoms with Gasteiger partial charge in [0.1, 0.15) is 0 Å². The average Bonchev–Trinajstić information content (AvgIpc) is 2.76. The Morgan fingerprint density at radius 1 is 1.44 bits per heavy atom. The van der Waals surface area contributed by atoms with Gasteiger partial charge in [-0.25, -0.2) is 8.42 Å². The molecule has 2 atom stereocenters. The van der Waals surface area contributed by atoms with Gasteiger partial charge in [-0.2, -0.15) is 9.40 Å². The second kappa shape index (κ2) is 4.99. The number of hydrogen-bond donors (Lipinski definition) is 2. The number of rotatable bonds is 3. The zero-order valence-corrected chi connectivity index (χ0v) is 11.6. The Hall–Kier alpha value is -0.920. The summed E-state index contributed by atoms with van der Waals surface area (Å²) in [5.41, 5.74) is 6.08. The number of H-pyrrole nitrogens is 1. The maximum atomic E-state index is 12.5. The zero-order chi connectivity index (χ0) is 13.3. The van der Waals surface area contributed by atoms with E-state index in [0.717, 1.165) is 6.42 Å². The standard InChI is InChI=1S/C11H20N4O2S/c1-8-3-9(2)7-15(6-8)18(16,17)11-10(4-12)5-13-14-11/h5,8-9H,3-4,6-7,12H2,1-2H3,(H,13,14). The number of aromatic amines is 1. The number of nitrogens with two attached hydrogens (primary N) is 1. The molecule has 18 heavy (non-hydrogen) atoms. The molecule has 2 rings (SSSR count). The molecule has 1 saturated heterocycles. The topological polar surface area (TPSA) is 92.1 Å². The number of nitrogens with zero attached hydrogens (tertiary/aromatic N) is 2. The fraction of sp³-hybridized carbons (Fsp3) is 0.727. The first-order valence-electron chi connectivity index (χ1n) is 6.17. The van der Waals surface area contributed by atoms with Crippen molar-refractivity contribution in [3.05, 3.63) is 11.8 Å². The fourth-order valence-electron chi connectivity index (χ4n) is 2.60. The molecule has 0 bridgehead atoms. The van der Waals surface area contributed by atoms with Gasteiger partial charge in [-0.15, -0.1) is 0 Å². The van der Waals surface area contributed by atoms with Gasteiger partial charge >= 0.3 is 0 Å². The SMILES string of the molecule is CC1CC(C)CN(S(=O)(=O)c2[nH]ncc2CN)C1. The molecule has 0 aliphatic carbocycles. The molecule has 0 aromatic carbocycles. The normalized spacial score (nSPS) is 26.4. The molecule has 6 nitrogen and oxygen atoms in total. The number of piperidine rings is 1. The van der Waals surface area contributed by atoms with Crippen molar-refractivity contribution >= 4 is 10.0 Å². The van der Waals surface area contributed by atoms with E-state index in [1.165, 1.54) is 6.20 Å². The lowest BCUT2D eigenvalue weighted by molar-refractivity contribution is 0.222. The van der Waals surface area contributed by atoms with Crippen molar-refractivity contribution in [2.75, 3.05) is 13.1 Å². The molecule has 0 spiro atoms. The van der Waals surface area contributed by atoms with Crippen LogP contribution in [0.2, 0.25) is 0 Å². The molecule has 1 aliphatic rings. The average molecular weight is 272 g/mol. The summed E-state index contributed by atoms with van der Waals surface area (Å²) in [5, 5.41) is 6.49. The van der Waals surface area contributed by atoms with Gasteiger partial charge in [0.25, 0.3) is 10.0 Å². The molecule has 0 amide bonds. The van der Waals surface area contributed by atoms with E-state index in [9.17, 15) is 8.42 Å². The fourth-order valence-corrected chi connectivity index (χ4v) is 4.39. The van der Waals surface area contributed by atoms with Crippen LogP contribution >= 0.6 is 0 Å². The summed E-state index contributed by atoms with van der Waals surface area (Å²) in [5.74, 6) is 0.764. The van der Waals surface area contributed by atoms with Crippen molar-refractivity contribution in [1.82, 2.24) is 14.5 Å². The third kappa shape index (κ3) is 2.43. The van der Waals surface area contributed by atoms with Crippen LogP contribution in [0.4, 0.5) is 0 Å². The van der Waals surface area contributed by atoms with Crippen LogP contribution < -0.4 is 5.73 Å². The van der Waals surface area contributed by atoms with E-state index in [1.54, 1.807) is 4.31 Å². The summed E-state index contributed by atoms with van der Waals surface area (Å²) in [6.07, 6.45) is 2.54. The minimum Gasteiger partial charge on any atom is -0.326 e. The van der Waals surface area contributed by atoms with Gasteiger partial charge in [0.2, 0.25) is 0 Å². The summed E-state index contributed by atoms with van der Waals surface area (Å²) < 4.78 is 26.6. The van der Waals surface area contributed by atoms with Gasteiger partial charge in [0.15, 0.2) is 5.03 Å². The van der Waals surface area contributed by atoms with Gasteiger partial charge in [-0.1, -0.05) is 13.8 Å². The molecule has 2 unspecified atom stereocenters. The van der Waals surface area contributed by atoms with Crippen LogP contribution in [0.5, 0.6) is 0 Å². The molecule has 1 aromatic heterocycles. The van der Waals surface area contributed by atoms with Crippen molar-refractivity contribution in [2.45, 2.75) is 31.8 Å². The first-order chi connectivity index (χ1) is 8.45. The number of aromatic nitrogens is 2. The van der Waals surface area contributed by atoms with E-state index in [-0.39, 0.29) is 11.6 Å². The summed E-state index contributed by atoms with van der Waals surface area (Å²) >= 11 is 0. The molecule has 1 aromatic rings. The molecule has 102 valence electrons. The minimum atomic E-state index is -3.49. The minimum absolute atomic E-state index is 0.145.